The second-order valence-electron chi connectivity index (χ2n) is 7.16. The Morgan fingerprint density at radius 1 is 1.15 bits per heavy atom. The zero-order valence-electron chi connectivity index (χ0n) is 15.3. The van der Waals surface area contributed by atoms with Crippen molar-refractivity contribution in [2.45, 2.75) is 38.1 Å². The number of hydrogen-bond donors (Lipinski definition) is 0. The van der Waals surface area contributed by atoms with Crippen molar-refractivity contribution >= 4 is 33.8 Å². The predicted octanol–water partition coefficient (Wildman–Crippen LogP) is 0.173. The Bertz CT molecular complexity index is 628. The maximum atomic E-state index is 12.9. The molecule has 3 rings (SSSR count). The van der Waals surface area contributed by atoms with Gasteiger partial charge in [0, 0.05) is 39.3 Å². The fourth-order valence-corrected chi connectivity index (χ4v) is 6.27. The molecule has 148 valence electrons. The summed E-state index contributed by atoms with van der Waals surface area (Å²) in [6.07, 6.45) is 5.20. The van der Waals surface area contributed by atoms with E-state index in [9.17, 15) is 18.0 Å². The number of carbonyl (C=O) groups excluding carboxylic acids is 2. The van der Waals surface area contributed by atoms with Crippen LogP contribution in [0, 0.1) is 0 Å². The van der Waals surface area contributed by atoms with Crippen molar-refractivity contribution < 1.29 is 18.0 Å². The van der Waals surface area contributed by atoms with Gasteiger partial charge in [-0.05, 0) is 12.8 Å². The van der Waals surface area contributed by atoms with Crippen molar-refractivity contribution in [2.75, 3.05) is 51.4 Å². The smallest absolute Gasteiger partial charge is 0.282 e. The van der Waals surface area contributed by atoms with Gasteiger partial charge in [0.2, 0.25) is 11.8 Å². The van der Waals surface area contributed by atoms with E-state index in [1.807, 2.05) is 0 Å². The first-order valence-electron chi connectivity index (χ1n) is 9.26. The molecule has 0 aromatic rings. The zero-order chi connectivity index (χ0) is 18.7. The predicted molar refractivity (Wildman–Crippen MR) is 101 cm³/mol. The fourth-order valence-electron chi connectivity index (χ4n) is 3.79. The maximum Gasteiger partial charge on any atom is 0.282 e. The van der Waals surface area contributed by atoms with Gasteiger partial charge in [-0.15, -0.1) is 11.8 Å². The molecular formula is C16H28N4O4S2. The molecule has 0 spiro atoms. The minimum absolute atomic E-state index is 0.00123. The highest BCUT2D eigenvalue weighted by Crippen LogP contribution is 2.25. The fraction of sp³-hybridized carbons (Fsp3) is 0.875. The van der Waals surface area contributed by atoms with Crippen molar-refractivity contribution in [1.82, 2.24) is 18.4 Å². The van der Waals surface area contributed by atoms with Gasteiger partial charge in [0.05, 0.1) is 11.6 Å². The monoisotopic (exact) mass is 404 g/mol. The summed E-state index contributed by atoms with van der Waals surface area (Å²) in [7, 11) is -1.80. The largest absolute Gasteiger partial charge is 0.339 e. The molecule has 8 nitrogen and oxygen atoms in total. The highest BCUT2D eigenvalue weighted by molar-refractivity contribution is 8.00. The molecular weight excluding hydrogens is 376 g/mol. The van der Waals surface area contributed by atoms with Gasteiger partial charge < -0.3 is 9.80 Å². The van der Waals surface area contributed by atoms with Crippen molar-refractivity contribution in [1.29, 1.82) is 0 Å². The van der Waals surface area contributed by atoms with E-state index in [1.165, 1.54) is 26.8 Å². The second kappa shape index (κ2) is 8.45. The summed E-state index contributed by atoms with van der Waals surface area (Å²) in [6.45, 7) is 1.49. The van der Waals surface area contributed by atoms with Crippen LogP contribution in [0.1, 0.15) is 32.1 Å². The van der Waals surface area contributed by atoms with E-state index in [2.05, 4.69) is 0 Å². The SMILES string of the molecule is CN(C1CCCCC1)S(=O)(=O)N1CCN(C(=O)CN2CSCC2=O)CC1. The van der Waals surface area contributed by atoms with Gasteiger partial charge in [-0.2, -0.15) is 17.0 Å². The van der Waals surface area contributed by atoms with Crippen molar-refractivity contribution in [3.05, 3.63) is 0 Å². The molecule has 3 aliphatic rings. The van der Waals surface area contributed by atoms with E-state index in [1.54, 1.807) is 16.8 Å². The lowest BCUT2D eigenvalue weighted by molar-refractivity contribution is -0.138. The van der Waals surface area contributed by atoms with Crippen LogP contribution in [0.25, 0.3) is 0 Å². The minimum atomic E-state index is -3.48. The topological polar surface area (TPSA) is 81.2 Å². The summed E-state index contributed by atoms with van der Waals surface area (Å²) >= 11 is 1.51. The van der Waals surface area contributed by atoms with E-state index >= 15 is 0 Å². The number of carbonyl (C=O) groups is 2. The average Bonchev–Trinajstić information content (AvgIpc) is 3.06. The number of amides is 2. The normalized spacial score (nSPS) is 23.8. The van der Waals surface area contributed by atoms with Crippen LogP contribution < -0.4 is 0 Å². The van der Waals surface area contributed by atoms with E-state index in [0.717, 1.165) is 25.7 Å². The van der Waals surface area contributed by atoms with Gasteiger partial charge in [-0.25, -0.2) is 0 Å². The van der Waals surface area contributed by atoms with E-state index in [-0.39, 0.29) is 24.4 Å². The molecule has 0 unspecified atom stereocenters. The molecule has 1 saturated carbocycles. The van der Waals surface area contributed by atoms with Gasteiger partial charge in [-0.1, -0.05) is 19.3 Å². The quantitative estimate of drug-likeness (QED) is 0.653. The third kappa shape index (κ3) is 4.35. The number of piperazine rings is 1. The number of thioether (sulfide) groups is 1. The lowest BCUT2D eigenvalue weighted by Gasteiger charge is -2.39. The van der Waals surface area contributed by atoms with E-state index in [0.29, 0.717) is 37.8 Å². The van der Waals surface area contributed by atoms with Gasteiger partial charge in [0.15, 0.2) is 0 Å². The molecule has 1 aliphatic carbocycles. The van der Waals surface area contributed by atoms with Crippen LogP contribution in [-0.4, -0.2) is 96.1 Å². The number of nitrogens with zero attached hydrogens (tertiary/aromatic N) is 4. The first-order chi connectivity index (χ1) is 12.4. The molecule has 0 N–H and O–H groups in total. The van der Waals surface area contributed by atoms with E-state index in [4.69, 9.17) is 0 Å². The Morgan fingerprint density at radius 2 is 1.81 bits per heavy atom. The molecule has 0 aromatic carbocycles. The van der Waals surface area contributed by atoms with Crippen LogP contribution >= 0.6 is 11.8 Å². The molecule has 26 heavy (non-hydrogen) atoms. The Kier molecular flexibility index (Phi) is 6.47. The first-order valence-corrected chi connectivity index (χ1v) is 11.8. The molecule has 0 bridgehead atoms. The summed E-state index contributed by atoms with van der Waals surface area (Å²) < 4.78 is 28.8. The Balaban J connectivity index is 1.52. The molecule has 10 heteroatoms. The third-order valence-corrected chi connectivity index (χ3v) is 8.51. The lowest BCUT2D eigenvalue weighted by Crippen LogP contribution is -2.56. The first kappa shape index (κ1) is 19.9. The van der Waals surface area contributed by atoms with Gasteiger partial charge in [0.1, 0.15) is 6.54 Å². The van der Waals surface area contributed by atoms with Crippen LogP contribution in [0.3, 0.4) is 0 Å². The second-order valence-corrected chi connectivity index (χ2v) is 10.1. The van der Waals surface area contributed by atoms with Crippen LogP contribution in [0.15, 0.2) is 0 Å². The molecule has 3 fully saturated rings. The van der Waals surface area contributed by atoms with Crippen molar-refractivity contribution in [3.63, 3.8) is 0 Å². The van der Waals surface area contributed by atoms with Crippen LogP contribution in [-0.2, 0) is 19.8 Å². The van der Waals surface area contributed by atoms with Gasteiger partial charge in [-0.3, -0.25) is 9.59 Å². The Hall–Kier alpha value is -0.840. The zero-order valence-corrected chi connectivity index (χ0v) is 16.9. The number of hydrogen-bond acceptors (Lipinski definition) is 5. The molecule has 2 heterocycles. The summed E-state index contributed by atoms with van der Waals surface area (Å²) in [5.41, 5.74) is 0. The maximum absolute atomic E-state index is 12.9. The molecule has 2 saturated heterocycles. The van der Waals surface area contributed by atoms with Crippen molar-refractivity contribution in [3.8, 4) is 0 Å². The summed E-state index contributed by atoms with van der Waals surface area (Å²) in [5, 5.41) is 0. The van der Waals surface area contributed by atoms with Gasteiger partial charge in [0.25, 0.3) is 10.2 Å². The van der Waals surface area contributed by atoms with Gasteiger partial charge >= 0.3 is 0 Å². The minimum Gasteiger partial charge on any atom is -0.339 e. The summed E-state index contributed by atoms with van der Waals surface area (Å²) in [5.74, 6) is 0.898. The molecule has 2 aliphatic heterocycles. The lowest BCUT2D eigenvalue weighted by atomic mass is 9.96. The Morgan fingerprint density at radius 3 is 2.38 bits per heavy atom. The van der Waals surface area contributed by atoms with Crippen LogP contribution in [0.4, 0.5) is 0 Å². The van der Waals surface area contributed by atoms with E-state index < -0.39 is 10.2 Å². The highest BCUT2D eigenvalue weighted by Gasteiger charge is 2.35. The third-order valence-electron chi connectivity index (χ3n) is 5.52. The molecule has 2 amide bonds. The molecule has 0 atom stereocenters. The summed E-state index contributed by atoms with van der Waals surface area (Å²) in [6, 6.07) is 0.0899. The highest BCUT2D eigenvalue weighted by atomic mass is 32.2. The molecule has 0 aromatic heterocycles. The Labute approximate surface area is 160 Å². The van der Waals surface area contributed by atoms with Crippen LogP contribution in [0.5, 0.6) is 0 Å². The summed E-state index contributed by atoms with van der Waals surface area (Å²) in [4.78, 5) is 27.3. The molecule has 0 radical (unpaired) electrons. The average molecular weight is 405 g/mol. The van der Waals surface area contributed by atoms with Crippen molar-refractivity contribution in [2.24, 2.45) is 0 Å². The van der Waals surface area contributed by atoms with Crippen LogP contribution in [0.2, 0.25) is 0 Å². The number of rotatable bonds is 5. The standard InChI is InChI=1S/C16H28N4O4S2/c1-17(14-5-3-2-4-6-14)26(23,24)20-9-7-18(8-10-20)15(21)11-19-13-25-12-16(19)22/h14H,2-13H2,1H3.